The van der Waals surface area contributed by atoms with E-state index >= 15 is 0 Å². The van der Waals surface area contributed by atoms with Crippen molar-refractivity contribution in [3.8, 4) is 5.75 Å². The second kappa shape index (κ2) is 10.7. The number of carbonyl (C=O) groups excluding carboxylic acids is 2. The molecule has 0 N–H and O–H groups in total. The summed E-state index contributed by atoms with van der Waals surface area (Å²) in [5.41, 5.74) is 5.30. The van der Waals surface area contributed by atoms with Gasteiger partial charge in [0.15, 0.2) is 0 Å². The van der Waals surface area contributed by atoms with Crippen LogP contribution in [0.1, 0.15) is 33.0 Å². The molecule has 0 radical (unpaired) electrons. The zero-order valence-electron chi connectivity index (χ0n) is 21.9. The van der Waals surface area contributed by atoms with E-state index in [2.05, 4.69) is 36.1 Å². The summed E-state index contributed by atoms with van der Waals surface area (Å²) < 4.78 is 5.46. The lowest BCUT2D eigenvalue weighted by molar-refractivity contribution is -0.135. The largest absolute Gasteiger partial charge is 0.497 e. The van der Waals surface area contributed by atoms with Gasteiger partial charge in [-0.3, -0.25) is 9.59 Å². The predicted molar refractivity (Wildman–Crippen MR) is 146 cm³/mol. The average molecular weight is 498 g/mol. The van der Waals surface area contributed by atoms with Gasteiger partial charge in [-0.1, -0.05) is 48.0 Å². The van der Waals surface area contributed by atoms with E-state index < -0.39 is 0 Å². The van der Waals surface area contributed by atoms with Crippen LogP contribution in [0.3, 0.4) is 0 Å². The minimum absolute atomic E-state index is 0.0208. The third-order valence-corrected chi connectivity index (χ3v) is 7.79. The summed E-state index contributed by atoms with van der Waals surface area (Å²) in [5.74, 6) is 0.515. The molecule has 5 rings (SSSR count). The molecule has 0 unspecified atom stereocenters. The molecule has 6 heteroatoms. The first-order chi connectivity index (χ1) is 17.9. The fourth-order valence-electron chi connectivity index (χ4n) is 5.63. The van der Waals surface area contributed by atoms with E-state index in [1.807, 2.05) is 65.3 Å². The summed E-state index contributed by atoms with van der Waals surface area (Å²) in [4.78, 5) is 33.5. The van der Waals surface area contributed by atoms with E-state index in [1.165, 1.54) is 11.3 Å². The Labute approximate surface area is 219 Å². The molecule has 3 aromatic rings. The number of benzene rings is 3. The number of carbonyl (C=O) groups is 2. The molecule has 3 aromatic carbocycles. The van der Waals surface area contributed by atoms with Gasteiger partial charge < -0.3 is 19.4 Å². The number of piperazine rings is 1. The summed E-state index contributed by atoms with van der Waals surface area (Å²) in [6.07, 6.45) is 0. The fraction of sp³-hybridized carbons (Fsp3) is 0.355. The fourth-order valence-corrected chi connectivity index (χ4v) is 5.63. The van der Waals surface area contributed by atoms with Gasteiger partial charge >= 0.3 is 0 Å². The van der Waals surface area contributed by atoms with Crippen molar-refractivity contribution in [3.63, 3.8) is 0 Å². The monoisotopic (exact) mass is 497 g/mol. The number of rotatable bonds is 5. The van der Waals surface area contributed by atoms with Gasteiger partial charge in [0.05, 0.1) is 13.0 Å². The van der Waals surface area contributed by atoms with E-state index in [1.54, 1.807) is 7.11 Å². The number of ether oxygens (including phenoxy) is 1. The molecule has 0 bridgehead atoms. The van der Waals surface area contributed by atoms with Crippen LogP contribution in [0.15, 0.2) is 72.8 Å². The van der Waals surface area contributed by atoms with Crippen LogP contribution in [0.25, 0.3) is 0 Å². The lowest BCUT2D eigenvalue weighted by Gasteiger charge is -2.38. The van der Waals surface area contributed by atoms with Crippen molar-refractivity contribution in [2.75, 3.05) is 51.3 Å². The number of para-hydroxylation sites is 1. The molecule has 2 amide bonds. The summed E-state index contributed by atoms with van der Waals surface area (Å²) >= 11 is 0. The Bertz CT molecular complexity index is 1260. The Balaban J connectivity index is 1.35. The van der Waals surface area contributed by atoms with E-state index in [0.717, 1.165) is 30.0 Å². The zero-order valence-corrected chi connectivity index (χ0v) is 21.9. The first kappa shape index (κ1) is 24.9. The standard InChI is InChI=1S/C31H35N3O3/c1-22-11-13-24(14-12-22)30(35)34-20-27(25-8-6-9-26(19-25)37-3)28(21-34)31(36)33-17-15-32(16-18-33)29-10-5-4-7-23(29)2/h4-14,19,27-28H,15-18,20-21H2,1-3H3/t27-,28+/m1/s1. The van der Waals surface area contributed by atoms with E-state index in [9.17, 15) is 9.59 Å². The maximum Gasteiger partial charge on any atom is 0.253 e. The number of hydrogen-bond acceptors (Lipinski definition) is 4. The molecule has 2 heterocycles. The van der Waals surface area contributed by atoms with Gasteiger partial charge in [0.1, 0.15) is 5.75 Å². The van der Waals surface area contributed by atoms with Crippen molar-refractivity contribution in [3.05, 3.63) is 95.1 Å². The normalized spacial score (nSPS) is 19.7. The van der Waals surface area contributed by atoms with Crippen molar-refractivity contribution < 1.29 is 14.3 Å². The van der Waals surface area contributed by atoms with E-state index in [-0.39, 0.29) is 23.7 Å². The number of aryl methyl sites for hydroxylation is 2. The van der Waals surface area contributed by atoms with Gasteiger partial charge in [-0.2, -0.15) is 0 Å². The van der Waals surface area contributed by atoms with E-state index in [4.69, 9.17) is 4.74 Å². The van der Waals surface area contributed by atoms with Gasteiger partial charge in [-0.15, -0.1) is 0 Å². The first-order valence-electron chi connectivity index (χ1n) is 13.0. The highest BCUT2D eigenvalue weighted by molar-refractivity contribution is 5.95. The van der Waals surface area contributed by atoms with Gasteiger partial charge in [0.25, 0.3) is 5.91 Å². The molecule has 2 fully saturated rings. The van der Waals surface area contributed by atoms with Crippen LogP contribution in [0.4, 0.5) is 5.69 Å². The predicted octanol–water partition coefficient (Wildman–Crippen LogP) is 4.52. The lowest BCUT2D eigenvalue weighted by Crippen LogP contribution is -2.51. The van der Waals surface area contributed by atoms with Gasteiger partial charge in [0.2, 0.25) is 5.91 Å². The Morgan fingerprint density at radius 3 is 2.24 bits per heavy atom. The van der Waals surface area contributed by atoms with Crippen LogP contribution in [0, 0.1) is 19.8 Å². The van der Waals surface area contributed by atoms with Crippen LogP contribution >= 0.6 is 0 Å². The van der Waals surface area contributed by atoms with Crippen LogP contribution in [-0.2, 0) is 4.79 Å². The smallest absolute Gasteiger partial charge is 0.253 e. The highest BCUT2D eigenvalue weighted by Crippen LogP contribution is 2.36. The third kappa shape index (κ3) is 5.19. The summed E-state index contributed by atoms with van der Waals surface area (Å²) in [6, 6.07) is 24.0. The molecule has 2 saturated heterocycles. The molecule has 192 valence electrons. The number of nitrogens with zero attached hydrogens (tertiary/aromatic N) is 3. The average Bonchev–Trinajstić information content (AvgIpc) is 3.39. The van der Waals surface area contributed by atoms with Crippen molar-refractivity contribution in [1.29, 1.82) is 0 Å². The Morgan fingerprint density at radius 2 is 1.54 bits per heavy atom. The molecule has 0 aliphatic carbocycles. The molecule has 0 spiro atoms. The molecule has 2 atom stereocenters. The maximum atomic E-state index is 13.9. The van der Waals surface area contributed by atoms with Crippen LogP contribution in [-0.4, -0.2) is 68.0 Å². The zero-order chi connectivity index (χ0) is 25.9. The van der Waals surface area contributed by atoms with Crippen LogP contribution in [0.2, 0.25) is 0 Å². The molecule has 6 nitrogen and oxygen atoms in total. The number of methoxy groups -OCH3 is 1. The molecule has 0 aromatic heterocycles. The molecule has 2 aliphatic heterocycles. The minimum Gasteiger partial charge on any atom is -0.497 e. The minimum atomic E-state index is -0.286. The third-order valence-electron chi connectivity index (χ3n) is 7.79. The molecule has 0 saturated carbocycles. The number of anilines is 1. The quantitative estimate of drug-likeness (QED) is 0.520. The second-order valence-electron chi connectivity index (χ2n) is 10.2. The number of amides is 2. The van der Waals surface area contributed by atoms with Crippen molar-refractivity contribution in [2.45, 2.75) is 19.8 Å². The van der Waals surface area contributed by atoms with Gasteiger partial charge in [-0.05, 0) is 55.3 Å². The first-order valence-corrected chi connectivity index (χ1v) is 13.0. The van der Waals surface area contributed by atoms with Crippen molar-refractivity contribution in [1.82, 2.24) is 9.80 Å². The number of hydrogen-bond donors (Lipinski definition) is 0. The highest BCUT2D eigenvalue weighted by atomic mass is 16.5. The molecule has 2 aliphatic rings. The van der Waals surface area contributed by atoms with E-state index in [0.29, 0.717) is 31.7 Å². The molecule has 37 heavy (non-hydrogen) atoms. The summed E-state index contributed by atoms with van der Waals surface area (Å²) in [6.45, 7) is 8.05. The summed E-state index contributed by atoms with van der Waals surface area (Å²) in [5, 5.41) is 0. The lowest BCUT2D eigenvalue weighted by atomic mass is 9.87. The van der Waals surface area contributed by atoms with Crippen molar-refractivity contribution in [2.24, 2.45) is 5.92 Å². The van der Waals surface area contributed by atoms with Crippen LogP contribution < -0.4 is 9.64 Å². The second-order valence-corrected chi connectivity index (χ2v) is 10.2. The Morgan fingerprint density at radius 1 is 0.811 bits per heavy atom. The van der Waals surface area contributed by atoms with Gasteiger partial charge in [0, 0.05) is 56.4 Å². The number of likely N-dealkylation sites (tertiary alicyclic amines) is 1. The topological polar surface area (TPSA) is 53.1 Å². The highest BCUT2D eigenvalue weighted by Gasteiger charge is 2.42. The molecular formula is C31H35N3O3. The van der Waals surface area contributed by atoms with Crippen molar-refractivity contribution >= 4 is 17.5 Å². The maximum absolute atomic E-state index is 13.9. The summed E-state index contributed by atoms with van der Waals surface area (Å²) in [7, 11) is 1.65. The van der Waals surface area contributed by atoms with Crippen LogP contribution in [0.5, 0.6) is 5.75 Å². The Kier molecular flexibility index (Phi) is 7.17. The molecular weight excluding hydrogens is 462 g/mol. The SMILES string of the molecule is COc1cccc([C@H]2CN(C(=O)c3ccc(C)cc3)C[C@@H]2C(=O)N2CCN(c3ccccc3C)CC2)c1. The Hall–Kier alpha value is -3.80. The van der Waals surface area contributed by atoms with Gasteiger partial charge in [-0.25, -0.2) is 0 Å².